The molecule has 19 heavy (non-hydrogen) atoms. The van der Waals surface area contributed by atoms with Gasteiger partial charge in [-0.15, -0.1) is 0 Å². The SMILES string of the molecule is Cc1cc(Br)cc(-n2cc(C)nc2NCC(C)C)c1. The monoisotopic (exact) mass is 321 g/mol. The maximum atomic E-state index is 4.55. The van der Waals surface area contributed by atoms with E-state index in [0.717, 1.165) is 28.3 Å². The molecule has 0 saturated heterocycles. The molecule has 0 amide bonds. The zero-order chi connectivity index (χ0) is 14.0. The fourth-order valence-corrected chi connectivity index (χ4v) is 2.57. The van der Waals surface area contributed by atoms with Gasteiger partial charge in [-0.05, 0) is 43.5 Å². The van der Waals surface area contributed by atoms with E-state index in [9.17, 15) is 0 Å². The largest absolute Gasteiger partial charge is 0.355 e. The van der Waals surface area contributed by atoms with Crippen LogP contribution in [0.2, 0.25) is 0 Å². The predicted molar refractivity (Wildman–Crippen MR) is 84.1 cm³/mol. The predicted octanol–water partition coefficient (Wildman–Crippen LogP) is 4.32. The van der Waals surface area contributed by atoms with Gasteiger partial charge in [0.1, 0.15) is 0 Å². The number of nitrogens with one attached hydrogen (secondary N) is 1. The van der Waals surface area contributed by atoms with Crippen LogP contribution in [0.4, 0.5) is 5.95 Å². The van der Waals surface area contributed by atoms with Crippen molar-refractivity contribution in [3.8, 4) is 5.69 Å². The molecule has 4 heteroatoms. The van der Waals surface area contributed by atoms with E-state index in [-0.39, 0.29) is 0 Å². The van der Waals surface area contributed by atoms with Gasteiger partial charge in [-0.3, -0.25) is 4.57 Å². The summed E-state index contributed by atoms with van der Waals surface area (Å²) in [6.45, 7) is 9.41. The molecule has 0 atom stereocenters. The summed E-state index contributed by atoms with van der Waals surface area (Å²) in [7, 11) is 0. The highest BCUT2D eigenvalue weighted by Gasteiger charge is 2.08. The summed E-state index contributed by atoms with van der Waals surface area (Å²) in [6, 6.07) is 6.37. The van der Waals surface area contributed by atoms with Crippen LogP contribution < -0.4 is 5.32 Å². The van der Waals surface area contributed by atoms with Crippen molar-refractivity contribution in [1.82, 2.24) is 9.55 Å². The summed E-state index contributed by atoms with van der Waals surface area (Å²) >= 11 is 3.55. The summed E-state index contributed by atoms with van der Waals surface area (Å²) < 4.78 is 3.19. The van der Waals surface area contributed by atoms with E-state index in [1.807, 2.05) is 6.92 Å². The Labute approximate surface area is 123 Å². The number of halogens is 1. The van der Waals surface area contributed by atoms with Gasteiger partial charge >= 0.3 is 0 Å². The Balaban J connectivity index is 2.37. The normalized spacial score (nSPS) is 11.1. The van der Waals surface area contributed by atoms with Gasteiger partial charge < -0.3 is 5.32 Å². The summed E-state index contributed by atoms with van der Waals surface area (Å²) in [5, 5.41) is 3.41. The van der Waals surface area contributed by atoms with Crippen LogP contribution in [-0.2, 0) is 0 Å². The Hall–Kier alpha value is -1.29. The van der Waals surface area contributed by atoms with Crippen molar-refractivity contribution in [3.05, 3.63) is 40.1 Å². The molecule has 1 heterocycles. The Morgan fingerprint density at radius 1 is 1.26 bits per heavy atom. The van der Waals surface area contributed by atoms with Crippen LogP contribution in [-0.4, -0.2) is 16.1 Å². The number of anilines is 1. The first-order chi connectivity index (χ1) is 8.95. The van der Waals surface area contributed by atoms with Gasteiger partial charge in [0.2, 0.25) is 5.95 Å². The molecule has 0 fully saturated rings. The minimum atomic E-state index is 0.592. The van der Waals surface area contributed by atoms with Gasteiger partial charge in [-0.25, -0.2) is 4.98 Å². The molecule has 0 aliphatic rings. The molecule has 0 saturated carbocycles. The Bertz CT molecular complexity index is 553. The highest BCUT2D eigenvalue weighted by molar-refractivity contribution is 9.10. The molecule has 1 aromatic heterocycles. The fraction of sp³-hybridized carbons (Fsp3) is 0.400. The zero-order valence-corrected chi connectivity index (χ0v) is 13.5. The molecule has 1 N–H and O–H groups in total. The lowest BCUT2D eigenvalue weighted by molar-refractivity contribution is 0.683. The third kappa shape index (κ3) is 3.60. The highest BCUT2D eigenvalue weighted by Crippen LogP contribution is 2.22. The second-order valence-electron chi connectivity index (χ2n) is 5.34. The number of hydrogen-bond acceptors (Lipinski definition) is 2. The van der Waals surface area contributed by atoms with E-state index < -0.39 is 0 Å². The van der Waals surface area contributed by atoms with Gasteiger partial charge in [0.25, 0.3) is 0 Å². The quantitative estimate of drug-likeness (QED) is 0.908. The highest BCUT2D eigenvalue weighted by atomic mass is 79.9. The third-order valence-corrected chi connectivity index (χ3v) is 3.26. The first kappa shape index (κ1) is 14.1. The smallest absolute Gasteiger partial charge is 0.207 e. The lowest BCUT2D eigenvalue weighted by Crippen LogP contribution is -2.12. The van der Waals surface area contributed by atoms with Crippen LogP contribution in [0.25, 0.3) is 5.69 Å². The second kappa shape index (κ2) is 5.78. The van der Waals surface area contributed by atoms with Crippen molar-refractivity contribution in [3.63, 3.8) is 0 Å². The molecule has 0 unspecified atom stereocenters. The summed E-state index contributed by atoms with van der Waals surface area (Å²) in [5.74, 6) is 1.50. The van der Waals surface area contributed by atoms with Crippen molar-refractivity contribution < 1.29 is 0 Å². The van der Waals surface area contributed by atoms with Crippen LogP contribution in [0, 0.1) is 19.8 Å². The molecular formula is C15H20BrN3. The first-order valence-electron chi connectivity index (χ1n) is 6.53. The summed E-state index contributed by atoms with van der Waals surface area (Å²) in [6.07, 6.45) is 2.06. The number of aromatic nitrogens is 2. The average Bonchev–Trinajstić information content (AvgIpc) is 2.66. The maximum Gasteiger partial charge on any atom is 0.207 e. The molecule has 2 aromatic rings. The number of hydrogen-bond donors (Lipinski definition) is 1. The van der Waals surface area contributed by atoms with Crippen LogP contribution in [0.5, 0.6) is 0 Å². The van der Waals surface area contributed by atoms with Gasteiger partial charge in [0, 0.05) is 22.9 Å². The molecule has 102 valence electrons. The van der Waals surface area contributed by atoms with Crippen molar-refractivity contribution in [2.45, 2.75) is 27.7 Å². The molecule has 0 spiro atoms. The molecule has 0 radical (unpaired) electrons. The minimum Gasteiger partial charge on any atom is -0.355 e. The second-order valence-corrected chi connectivity index (χ2v) is 6.25. The third-order valence-electron chi connectivity index (χ3n) is 2.80. The topological polar surface area (TPSA) is 29.9 Å². The van der Waals surface area contributed by atoms with Gasteiger partial charge in [-0.1, -0.05) is 29.8 Å². The Morgan fingerprint density at radius 2 is 2.00 bits per heavy atom. The maximum absolute atomic E-state index is 4.55. The minimum absolute atomic E-state index is 0.592. The summed E-state index contributed by atoms with van der Waals surface area (Å²) in [4.78, 5) is 4.55. The molecule has 3 nitrogen and oxygen atoms in total. The molecule has 0 bridgehead atoms. The van der Waals surface area contributed by atoms with Crippen molar-refractivity contribution in [1.29, 1.82) is 0 Å². The van der Waals surface area contributed by atoms with Crippen molar-refractivity contribution in [2.75, 3.05) is 11.9 Å². The molecule has 0 aliphatic carbocycles. The standard InChI is InChI=1S/C15H20BrN3/c1-10(2)8-17-15-18-12(4)9-19(15)14-6-11(3)5-13(16)7-14/h5-7,9-10H,8H2,1-4H3,(H,17,18). The van der Waals surface area contributed by atoms with Crippen molar-refractivity contribution >= 4 is 21.9 Å². The van der Waals surface area contributed by atoms with Crippen LogP contribution in [0.3, 0.4) is 0 Å². The first-order valence-corrected chi connectivity index (χ1v) is 7.32. The number of imidazole rings is 1. The van der Waals surface area contributed by atoms with Gasteiger partial charge in [0.15, 0.2) is 0 Å². The van der Waals surface area contributed by atoms with Gasteiger partial charge in [-0.2, -0.15) is 0 Å². The van der Waals surface area contributed by atoms with E-state index in [2.05, 4.69) is 76.0 Å². The molecule has 0 aliphatic heterocycles. The lowest BCUT2D eigenvalue weighted by atomic mass is 10.2. The lowest BCUT2D eigenvalue weighted by Gasteiger charge is -2.12. The zero-order valence-electron chi connectivity index (χ0n) is 11.9. The van der Waals surface area contributed by atoms with Crippen LogP contribution in [0.15, 0.2) is 28.9 Å². The van der Waals surface area contributed by atoms with Crippen molar-refractivity contribution in [2.24, 2.45) is 5.92 Å². The Kier molecular flexibility index (Phi) is 4.30. The molecule has 2 rings (SSSR count). The van der Waals surface area contributed by atoms with Crippen LogP contribution in [0.1, 0.15) is 25.1 Å². The number of benzene rings is 1. The summed E-state index contributed by atoms with van der Waals surface area (Å²) in [5.41, 5.74) is 3.37. The van der Waals surface area contributed by atoms with Crippen LogP contribution >= 0.6 is 15.9 Å². The molecular weight excluding hydrogens is 302 g/mol. The van der Waals surface area contributed by atoms with E-state index in [4.69, 9.17) is 0 Å². The Morgan fingerprint density at radius 3 is 2.63 bits per heavy atom. The van der Waals surface area contributed by atoms with E-state index in [1.165, 1.54) is 5.56 Å². The number of nitrogens with zero attached hydrogens (tertiary/aromatic N) is 2. The fourth-order valence-electron chi connectivity index (χ4n) is 1.97. The molecule has 1 aromatic carbocycles. The van der Waals surface area contributed by atoms with E-state index in [1.54, 1.807) is 0 Å². The number of aryl methyl sites for hydroxylation is 2. The van der Waals surface area contributed by atoms with Gasteiger partial charge in [0.05, 0.1) is 5.69 Å². The van der Waals surface area contributed by atoms with E-state index >= 15 is 0 Å². The average molecular weight is 322 g/mol. The van der Waals surface area contributed by atoms with E-state index in [0.29, 0.717) is 5.92 Å². The number of rotatable bonds is 4.